The third kappa shape index (κ3) is 8.50. The van der Waals surface area contributed by atoms with E-state index in [0.717, 1.165) is 0 Å². The summed E-state index contributed by atoms with van der Waals surface area (Å²) in [5, 5.41) is 0. The van der Waals surface area contributed by atoms with Crippen molar-refractivity contribution in [3.63, 3.8) is 0 Å². The molecule has 0 saturated carbocycles. The monoisotopic (exact) mass is 416 g/mol. The number of hydrogen-bond acceptors (Lipinski definition) is 0. The molecule has 0 aromatic heterocycles. The molecule has 0 heterocycles. The van der Waals surface area contributed by atoms with Gasteiger partial charge in [0.1, 0.15) is 16.1 Å². The molecule has 0 amide bonds. The lowest BCUT2D eigenvalue weighted by molar-refractivity contribution is 1.78. The van der Waals surface area contributed by atoms with E-state index >= 15 is 0 Å². The molecule has 0 saturated heterocycles. The van der Waals surface area contributed by atoms with Gasteiger partial charge in [-0.25, -0.2) is 0 Å². The van der Waals surface area contributed by atoms with Crippen LogP contribution >= 0.6 is 0 Å². The molecule has 5 heteroatoms. The van der Waals surface area contributed by atoms with Crippen molar-refractivity contribution in [2.24, 2.45) is 0 Å². The Labute approximate surface area is 162 Å². The normalized spacial score (nSPS) is 12.3. The van der Waals surface area contributed by atoms with Crippen LogP contribution in [0, 0.1) is 45.9 Å². The molecule has 136 valence electrons. The van der Waals surface area contributed by atoms with E-state index in [2.05, 4.69) is 124 Å². The number of rotatable bonds is 2. The highest BCUT2D eigenvalue weighted by molar-refractivity contribution is 7.74. The Morgan fingerprint density at radius 2 is 0.600 bits per heavy atom. The van der Waals surface area contributed by atoms with E-state index in [-0.39, 0.29) is 0 Å². The first-order chi connectivity index (χ1) is 10.9. The average Bonchev–Trinajstić information content (AvgIpc) is 2.31. The highest BCUT2D eigenvalue weighted by Gasteiger charge is 2.54. The molecule has 25 heavy (non-hydrogen) atoms. The first-order valence-corrected chi connectivity index (χ1v) is 27.0. The molecule has 0 radical (unpaired) electrons. The van der Waals surface area contributed by atoms with Gasteiger partial charge in [0.05, 0.1) is 15.2 Å². The zero-order valence-electron chi connectivity index (χ0n) is 18.5. The molecular formula is C20H36Si5. The molecule has 0 bridgehead atoms. The Morgan fingerprint density at radius 1 is 0.360 bits per heavy atom. The third-order valence-corrected chi connectivity index (χ3v) is 39.5. The van der Waals surface area contributed by atoms with Crippen LogP contribution in [-0.4, -0.2) is 38.4 Å². The van der Waals surface area contributed by atoms with Crippen LogP contribution in [0.2, 0.25) is 78.6 Å². The van der Waals surface area contributed by atoms with Gasteiger partial charge in [-0.1, -0.05) is 78.6 Å². The van der Waals surface area contributed by atoms with Gasteiger partial charge in [-0.3, -0.25) is 0 Å². The molecule has 0 aromatic rings. The van der Waals surface area contributed by atoms with E-state index in [1.807, 2.05) is 0 Å². The van der Waals surface area contributed by atoms with Crippen LogP contribution in [-0.2, 0) is 0 Å². The van der Waals surface area contributed by atoms with Crippen LogP contribution < -0.4 is 0 Å². The van der Waals surface area contributed by atoms with Crippen molar-refractivity contribution in [2.75, 3.05) is 0 Å². The average molecular weight is 417 g/mol. The SMILES string of the molecule is C[Si](C)(C)C#CC#C[Si](C#CC#C[Si](C)(C)C)([Si](C)(C)C)[Si](C)(C)C. The quantitative estimate of drug-likeness (QED) is 0.433. The van der Waals surface area contributed by atoms with Crippen LogP contribution in [0.15, 0.2) is 0 Å². The van der Waals surface area contributed by atoms with Gasteiger partial charge in [0.2, 0.25) is 0 Å². The molecule has 0 spiro atoms. The summed E-state index contributed by atoms with van der Waals surface area (Å²) in [7, 11) is -7.81. The van der Waals surface area contributed by atoms with Crippen molar-refractivity contribution in [1.29, 1.82) is 0 Å². The van der Waals surface area contributed by atoms with Crippen LogP contribution in [0.5, 0.6) is 0 Å². The summed E-state index contributed by atoms with van der Waals surface area (Å²) in [5.74, 6) is 12.9. The Bertz CT molecular complexity index is 653. The molecule has 0 rings (SSSR count). The van der Waals surface area contributed by atoms with Gasteiger partial charge in [0, 0.05) is 0 Å². The topological polar surface area (TPSA) is 0 Å². The first-order valence-electron chi connectivity index (χ1n) is 9.00. The van der Waals surface area contributed by atoms with Crippen molar-refractivity contribution in [3.05, 3.63) is 0 Å². The Hall–Kier alpha value is -0.676. The summed E-state index contributed by atoms with van der Waals surface area (Å²) >= 11 is 0. The van der Waals surface area contributed by atoms with Gasteiger partial charge < -0.3 is 0 Å². The molecule has 0 nitrogen and oxygen atoms in total. The molecule has 0 unspecified atom stereocenters. The Balaban J connectivity index is 6.32. The minimum absolute atomic E-state index is 1.38. The first kappa shape index (κ1) is 24.3. The van der Waals surface area contributed by atoms with Crippen molar-refractivity contribution < 1.29 is 0 Å². The van der Waals surface area contributed by atoms with Crippen LogP contribution in [0.4, 0.5) is 0 Å². The molecule has 0 aliphatic rings. The molecule has 0 fully saturated rings. The maximum Gasteiger partial charge on any atom is 0.197 e. The Kier molecular flexibility index (Phi) is 8.12. The molecule has 0 aromatic carbocycles. The van der Waals surface area contributed by atoms with E-state index in [9.17, 15) is 0 Å². The van der Waals surface area contributed by atoms with Gasteiger partial charge in [-0.2, -0.15) is 0 Å². The van der Waals surface area contributed by atoms with Crippen molar-refractivity contribution in [2.45, 2.75) is 78.6 Å². The second-order valence-corrected chi connectivity index (χ2v) is 46.2. The predicted octanol–water partition coefficient (Wildman–Crippen LogP) is 5.12. The van der Waals surface area contributed by atoms with Gasteiger partial charge >= 0.3 is 0 Å². The van der Waals surface area contributed by atoms with E-state index in [4.69, 9.17) is 0 Å². The standard InChI is InChI=1S/C20H36Si5/c1-21(2,3)17-13-15-19-25(23(7,8)9,24(10,11)12)20-16-14-18-22(4,5)6/h1-12H3. The van der Waals surface area contributed by atoms with Crippen molar-refractivity contribution in [3.8, 4) is 45.9 Å². The largest absolute Gasteiger partial charge is 0.197 e. The highest BCUT2D eigenvalue weighted by atomic mass is 29.6. The molecule has 0 aliphatic carbocycles. The molecule has 0 aliphatic heterocycles. The van der Waals surface area contributed by atoms with E-state index in [1.54, 1.807) is 0 Å². The third-order valence-electron chi connectivity index (χ3n) is 3.75. The van der Waals surface area contributed by atoms with Crippen LogP contribution in [0.3, 0.4) is 0 Å². The fourth-order valence-electron chi connectivity index (χ4n) is 2.59. The predicted molar refractivity (Wildman–Crippen MR) is 130 cm³/mol. The Morgan fingerprint density at radius 3 is 0.800 bits per heavy atom. The van der Waals surface area contributed by atoms with E-state index in [0.29, 0.717) is 0 Å². The van der Waals surface area contributed by atoms with Crippen molar-refractivity contribution >= 4 is 38.4 Å². The summed E-state index contributed by atoms with van der Waals surface area (Å²) in [6, 6.07) is 0. The zero-order chi connectivity index (χ0) is 20.2. The number of hydrogen-bond donors (Lipinski definition) is 0. The molecule has 0 atom stereocenters. The molecule has 0 N–H and O–H groups in total. The van der Waals surface area contributed by atoms with E-state index in [1.165, 1.54) is 0 Å². The lowest BCUT2D eigenvalue weighted by Gasteiger charge is -2.41. The fraction of sp³-hybridized carbons (Fsp3) is 0.600. The fourth-order valence-corrected chi connectivity index (χ4v) is 40.0. The maximum atomic E-state index is 3.71. The van der Waals surface area contributed by atoms with Gasteiger partial charge in [-0.05, 0) is 23.7 Å². The summed E-state index contributed by atoms with van der Waals surface area (Å²) in [6.45, 7) is 28.2. The molecular weight excluding hydrogens is 381 g/mol. The van der Waals surface area contributed by atoms with Crippen LogP contribution in [0.25, 0.3) is 0 Å². The summed E-state index contributed by atoms with van der Waals surface area (Å²) < 4.78 is 0. The van der Waals surface area contributed by atoms with Crippen LogP contribution in [0.1, 0.15) is 0 Å². The smallest absolute Gasteiger partial charge is 0.118 e. The lowest BCUT2D eigenvalue weighted by Crippen LogP contribution is -2.70. The summed E-state index contributed by atoms with van der Waals surface area (Å²) in [6.07, 6.45) is 0. The zero-order valence-corrected chi connectivity index (χ0v) is 23.5. The summed E-state index contributed by atoms with van der Waals surface area (Å²) in [5.41, 5.74) is 14.2. The van der Waals surface area contributed by atoms with Gasteiger partial charge in [0.15, 0.2) is 7.11 Å². The van der Waals surface area contributed by atoms with Crippen molar-refractivity contribution in [1.82, 2.24) is 0 Å². The highest BCUT2D eigenvalue weighted by Crippen LogP contribution is 2.28. The second-order valence-electron chi connectivity index (χ2n) is 10.8. The lowest BCUT2D eigenvalue weighted by atomic mass is 10.7. The van der Waals surface area contributed by atoms with E-state index < -0.39 is 38.4 Å². The second kappa shape index (κ2) is 8.34. The summed E-state index contributed by atoms with van der Waals surface area (Å²) in [4.78, 5) is 0. The van der Waals surface area contributed by atoms with Gasteiger partial charge in [0.25, 0.3) is 0 Å². The van der Waals surface area contributed by atoms with Gasteiger partial charge in [-0.15, -0.1) is 22.2 Å². The minimum Gasteiger partial charge on any atom is -0.118 e. The maximum absolute atomic E-state index is 3.71. The minimum atomic E-state index is -2.01.